The van der Waals surface area contributed by atoms with Crippen LogP contribution in [0, 0.1) is 0 Å². The van der Waals surface area contributed by atoms with Crippen molar-refractivity contribution in [3.63, 3.8) is 0 Å². The normalized spacial score (nSPS) is 10.9. The van der Waals surface area contributed by atoms with Crippen LogP contribution >= 0.6 is 23.2 Å². The van der Waals surface area contributed by atoms with Gasteiger partial charge in [0.2, 0.25) is 0 Å². The first kappa shape index (κ1) is 19.0. The van der Waals surface area contributed by atoms with Crippen molar-refractivity contribution in [2.45, 2.75) is 6.92 Å². The van der Waals surface area contributed by atoms with Gasteiger partial charge in [0.05, 0.1) is 22.9 Å². The lowest BCUT2D eigenvalue weighted by Crippen LogP contribution is -2.17. The van der Waals surface area contributed by atoms with Crippen molar-refractivity contribution in [3.05, 3.63) is 76.0 Å². The van der Waals surface area contributed by atoms with Gasteiger partial charge in [-0.2, -0.15) is 5.10 Å². The van der Waals surface area contributed by atoms with Crippen LogP contribution in [0.25, 0.3) is 11.3 Å². The number of rotatable bonds is 6. The molecule has 0 saturated heterocycles. The summed E-state index contributed by atoms with van der Waals surface area (Å²) in [4.78, 5) is 12.1. The molecule has 0 atom stereocenters. The van der Waals surface area contributed by atoms with Crippen molar-refractivity contribution >= 4 is 35.3 Å². The van der Waals surface area contributed by atoms with Gasteiger partial charge in [0.15, 0.2) is 0 Å². The monoisotopic (exact) mass is 402 g/mol. The van der Waals surface area contributed by atoms with Gasteiger partial charge in [-0.3, -0.25) is 4.79 Å². The number of benzene rings is 2. The quantitative estimate of drug-likeness (QED) is 0.442. The molecule has 3 rings (SSSR count). The molecule has 2 aromatic carbocycles. The van der Waals surface area contributed by atoms with E-state index in [1.54, 1.807) is 48.5 Å². The minimum atomic E-state index is -0.334. The molecule has 0 fully saturated rings. The Labute approximate surface area is 166 Å². The lowest BCUT2D eigenvalue weighted by atomic mass is 10.2. The first-order valence-electron chi connectivity index (χ1n) is 8.19. The molecule has 0 bridgehead atoms. The van der Waals surface area contributed by atoms with Crippen molar-refractivity contribution in [2.24, 2.45) is 5.10 Å². The minimum absolute atomic E-state index is 0.334. The number of amides is 1. The van der Waals surface area contributed by atoms with Gasteiger partial charge in [-0.15, -0.1) is 0 Å². The molecule has 3 aromatic rings. The zero-order valence-corrected chi connectivity index (χ0v) is 15.9. The molecule has 5 nitrogen and oxygen atoms in total. The van der Waals surface area contributed by atoms with E-state index in [-0.39, 0.29) is 5.91 Å². The van der Waals surface area contributed by atoms with Crippen molar-refractivity contribution in [2.75, 3.05) is 6.61 Å². The number of nitrogens with one attached hydrogen (secondary N) is 1. The van der Waals surface area contributed by atoms with Gasteiger partial charge >= 0.3 is 0 Å². The molecule has 1 heterocycles. The predicted octanol–water partition coefficient (Wildman–Crippen LogP) is 5.42. The molecule has 0 spiro atoms. The van der Waals surface area contributed by atoms with Crippen LogP contribution in [0.1, 0.15) is 23.0 Å². The average molecular weight is 403 g/mol. The highest BCUT2D eigenvalue weighted by Gasteiger charge is 2.10. The first-order valence-corrected chi connectivity index (χ1v) is 8.94. The van der Waals surface area contributed by atoms with Crippen LogP contribution in [0.5, 0.6) is 5.75 Å². The van der Waals surface area contributed by atoms with Crippen LogP contribution in [-0.2, 0) is 0 Å². The van der Waals surface area contributed by atoms with Gasteiger partial charge in [-0.05, 0) is 55.5 Å². The van der Waals surface area contributed by atoms with Gasteiger partial charge in [0.25, 0.3) is 5.91 Å². The number of carbonyl (C=O) groups excluding carboxylic acids is 1. The SMILES string of the molecule is CCOc1ccc(C(=O)N/N=C\c2ccc(-c3cccc(Cl)c3Cl)o2)cc1. The molecule has 1 aromatic heterocycles. The molecule has 1 amide bonds. The number of carbonyl (C=O) groups is 1. The second-order valence-corrected chi connectivity index (χ2v) is 6.25. The third kappa shape index (κ3) is 4.70. The molecule has 0 saturated carbocycles. The van der Waals surface area contributed by atoms with Crippen LogP contribution in [0.15, 0.2) is 64.1 Å². The summed E-state index contributed by atoms with van der Waals surface area (Å²) < 4.78 is 11.0. The Morgan fingerprint density at radius 2 is 1.93 bits per heavy atom. The molecule has 0 unspecified atom stereocenters. The molecule has 0 aliphatic heterocycles. The van der Waals surface area contributed by atoms with Crippen LogP contribution in [0.2, 0.25) is 10.0 Å². The topological polar surface area (TPSA) is 63.8 Å². The highest BCUT2D eigenvalue weighted by molar-refractivity contribution is 6.43. The van der Waals surface area contributed by atoms with Crippen molar-refractivity contribution < 1.29 is 13.9 Å². The van der Waals surface area contributed by atoms with Crippen LogP contribution in [-0.4, -0.2) is 18.7 Å². The van der Waals surface area contributed by atoms with Crippen molar-refractivity contribution in [1.29, 1.82) is 0 Å². The Kier molecular flexibility index (Phi) is 6.16. The molecule has 1 N–H and O–H groups in total. The molecular formula is C20H16Cl2N2O3. The van der Waals surface area contributed by atoms with Gasteiger partial charge < -0.3 is 9.15 Å². The van der Waals surface area contributed by atoms with E-state index in [0.29, 0.717) is 45.0 Å². The smallest absolute Gasteiger partial charge is 0.271 e. The van der Waals surface area contributed by atoms with E-state index >= 15 is 0 Å². The minimum Gasteiger partial charge on any atom is -0.494 e. The first-order chi connectivity index (χ1) is 13.1. The highest BCUT2D eigenvalue weighted by atomic mass is 35.5. The lowest BCUT2D eigenvalue weighted by molar-refractivity contribution is 0.0955. The summed E-state index contributed by atoms with van der Waals surface area (Å²) in [6, 6.07) is 15.6. The summed E-state index contributed by atoms with van der Waals surface area (Å²) in [5.41, 5.74) is 3.61. The van der Waals surface area contributed by atoms with E-state index < -0.39 is 0 Å². The summed E-state index contributed by atoms with van der Waals surface area (Å²) in [6.45, 7) is 2.47. The molecule has 7 heteroatoms. The number of hydrogen-bond acceptors (Lipinski definition) is 4. The fourth-order valence-electron chi connectivity index (χ4n) is 2.35. The lowest BCUT2D eigenvalue weighted by Gasteiger charge is -2.03. The fraction of sp³-hybridized carbons (Fsp3) is 0.100. The number of nitrogens with zero attached hydrogens (tertiary/aromatic N) is 1. The summed E-state index contributed by atoms with van der Waals surface area (Å²) in [6.07, 6.45) is 1.41. The van der Waals surface area contributed by atoms with Crippen LogP contribution in [0.4, 0.5) is 0 Å². The number of furan rings is 1. The Hall–Kier alpha value is -2.76. The Bertz CT molecular complexity index is 966. The Balaban J connectivity index is 1.64. The molecule has 27 heavy (non-hydrogen) atoms. The van der Waals surface area contributed by atoms with E-state index in [0.717, 1.165) is 0 Å². The summed E-state index contributed by atoms with van der Waals surface area (Å²) in [5.74, 6) is 1.40. The largest absolute Gasteiger partial charge is 0.494 e. The van der Waals surface area contributed by atoms with E-state index in [9.17, 15) is 4.79 Å². The predicted molar refractivity (Wildman–Crippen MR) is 107 cm³/mol. The summed E-state index contributed by atoms with van der Waals surface area (Å²) in [7, 11) is 0. The molecule has 0 aliphatic carbocycles. The van der Waals surface area contributed by atoms with Crippen molar-refractivity contribution in [3.8, 4) is 17.1 Å². The Morgan fingerprint density at radius 1 is 1.15 bits per heavy atom. The van der Waals surface area contributed by atoms with Gasteiger partial charge in [-0.1, -0.05) is 29.3 Å². The van der Waals surface area contributed by atoms with Gasteiger partial charge in [-0.25, -0.2) is 5.43 Å². The van der Waals surface area contributed by atoms with Gasteiger partial charge in [0, 0.05) is 11.1 Å². The third-order valence-corrected chi connectivity index (χ3v) is 4.45. The van der Waals surface area contributed by atoms with Crippen LogP contribution < -0.4 is 10.2 Å². The number of hydrogen-bond donors (Lipinski definition) is 1. The summed E-state index contributed by atoms with van der Waals surface area (Å²) >= 11 is 12.2. The van der Waals surface area contributed by atoms with Crippen LogP contribution in [0.3, 0.4) is 0 Å². The van der Waals surface area contributed by atoms with E-state index in [4.69, 9.17) is 32.4 Å². The average Bonchev–Trinajstić information content (AvgIpc) is 3.13. The third-order valence-electron chi connectivity index (χ3n) is 3.63. The zero-order chi connectivity index (χ0) is 19.2. The second kappa shape index (κ2) is 8.75. The molecule has 0 radical (unpaired) electrons. The highest BCUT2D eigenvalue weighted by Crippen LogP contribution is 2.34. The Morgan fingerprint density at radius 3 is 2.67 bits per heavy atom. The maximum Gasteiger partial charge on any atom is 0.271 e. The fourth-order valence-corrected chi connectivity index (χ4v) is 2.74. The maximum atomic E-state index is 12.1. The molecule has 0 aliphatic rings. The summed E-state index contributed by atoms with van der Waals surface area (Å²) in [5, 5.41) is 4.78. The zero-order valence-electron chi connectivity index (χ0n) is 14.4. The number of halogens is 2. The molecular weight excluding hydrogens is 387 g/mol. The number of ether oxygens (including phenoxy) is 1. The standard InChI is InChI=1S/C20H16Cl2N2O3/c1-2-26-14-8-6-13(7-9-14)20(25)24-23-12-15-10-11-18(27-15)16-4-3-5-17(21)19(16)22/h3-12H,2H2,1H3,(H,24,25)/b23-12-. The second-order valence-electron chi connectivity index (χ2n) is 5.46. The van der Waals surface area contributed by atoms with Crippen molar-refractivity contribution in [1.82, 2.24) is 5.43 Å². The van der Waals surface area contributed by atoms with E-state index in [1.807, 2.05) is 13.0 Å². The molecule has 138 valence electrons. The number of hydrazone groups is 1. The van der Waals surface area contributed by atoms with Gasteiger partial charge in [0.1, 0.15) is 17.3 Å². The van der Waals surface area contributed by atoms with E-state index in [2.05, 4.69) is 10.5 Å². The van der Waals surface area contributed by atoms with E-state index in [1.165, 1.54) is 6.21 Å². The maximum absolute atomic E-state index is 12.1.